The summed E-state index contributed by atoms with van der Waals surface area (Å²) in [6, 6.07) is 9.79. The van der Waals surface area contributed by atoms with Gasteiger partial charge in [0, 0.05) is 37.3 Å². The molecule has 3 N–H and O–H groups in total. The van der Waals surface area contributed by atoms with Crippen molar-refractivity contribution in [3.05, 3.63) is 47.7 Å². The van der Waals surface area contributed by atoms with Crippen molar-refractivity contribution < 1.29 is 9.90 Å². The molecule has 3 rings (SSSR count). The predicted molar refractivity (Wildman–Crippen MR) is 96.9 cm³/mol. The number of aromatic nitrogens is 1. The van der Waals surface area contributed by atoms with Crippen molar-refractivity contribution in [2.75, 3.05) is 35.8 Å². The number of hydrogen-bond acceptors (Lipinski definition) is 6. The number of nitrogens with one attached hydrogen (secondary N) is 2. The van der Waals surface area contributed by atoms with Crippen molar-refractivity contribution in [3.8, 4) is 0 Å². The highest BCUT2D eigenvalue weighted by atomic mass is 32.2. The molecular formula is C17H20N4O2S. The minimum Gasteiger partial charge on any atom is -0.478 e. The second kappa shape index (κ2) is 7.55. The third-order valence-corrected chi connectivity index (χ3v) is 4.61. The Hall–Kier alpha value is -2.25. The number of carbonyl (C=O) groups is 1. The highest BCUT2D eigenvalue weighted by Gasteiger charge is 2.18. The van der Waals surface area contributed by atoms with Crippen LogP contribution in [0.3, 0.4) is 0 Å². The lowest BCUT2D eigenvalue weighted by Gasteiger charge is -2.30. The summed E-state index contributed by atoms with van der Waals surface area (Å²) >= 11 is 1.46. The first kappa shape index (κ1) is 16.6. The minimum atomic E-state index is -0.974. The Balaban J connectivity index is 1.84. The molecule has 0 bridgehead atoms. The van der Waals surface area contributed by atoms with E-state index in [1.807, 2.05) is 25.1 Å². The van der Waals surface area contributed by atoms with E-state index >= 15 is 0 Å². The van der Waals surface area contributed by atoms with Gasteiger partial charge in [-0.2, -0.15) is 0 Å². The lowest BCUT2D eigenvalue weighted by atomic mass is 10.2. The fraction of sp³-hybridized carbons (Fsp3) is 0.294. The van der Waals surface area contributed by atoms with Gasteiger partial charge in [-0.05, 0) is 42.6 Å². The van der Waals surface area contributed by atoms with Gasteiger partial charge in [0.15, 0.2) is 5.82 Å². The fourth-order valence-electron chi connectivity index (χ4n) is 2.57. The second-order valence-corrected chi connectivity index (χ2v) is 6.54. The molecule has 0 saturated carbocycles. The van der Waals surface area contributed by atoms with Crippen LogP contribution in [0.2, 0.25) is 0 Å². The van der Waals surface area contributed by atoms with Gasteiger partial charge < -0.3 is 20.0 Å². The van der Waals surface area contributed by atoms with E-state index in [-0.39, 0.29) is 5.56 Å². The number of carboxylic acids is 1. The zero-order valence-electron chi connectivity index (χ0n) is 13.5. The van der Waals surface area contributed by atoms with Crippen LogP contribution in [0.1, 0.15) is 15.9 Å². The van der Waals surface area contributed by atoms with E-state index in [9.17, 15) is 9.90 Å². The van der Waals surface area contributed by atoms with Gasteiger partial charge in [0.2, 0.25) is 0 Å². The van der Waals surface area contributed by atoms with Crippen LogP contribution in [0.5, 0.6) is 0 Å². The Morgan fingerprint density at radius 3 is 2.83 bits per heavy atom. The summed E-state index contributed by atoms with van der Waals surface area (Å²) in [4.78, 5) is 18.9. The second-order valence-electron chi connectivity index (χ2n) is 5.66. The van der Waals surface area contributed by atoms with E-state index in [1.54, 1.807) is 6.07 Å². The zero-order valence-corrected chi connectivity index (χ0v) is 14.3. The minimum absolute atomic E-state index is 0.182. The third-order valence-electron chi connectivity index (χ3n) is 3.80. The maximum absolute atomic E-state index is 11.3. The van der Waals surface area contributed by atoms with Gasteiger partial charge in [-0.3, -0.25) is 0 Å². The summed E-state index contributed by atoms with van der Waals surface area (Å²) in [5.41, 5.74) is 2.09. The normalized spacial score (nSPS) is 14.5. The van der Waals surface area contributed by atoms with Crippen molar-refractivity contribution in [1.29, 1.82) is 0 Å². The molecule has 1 aliphatic heterocycles. The molecule has 0 radical (unpaired) electrons. The van der Waals surface area contributed by atoms with Crippen molar-refractivity contribution in [2.45, 2.75) is 11.8 Å². The number of hydrogen-bond donors (Lipinski definition) is 3. The average molecular weight is 344 g/mol. The van der Waals surface area contributed by atoms with Crippen LogP contribution in [0.25, 0.3) is 0 Å². The Bertz CT molecular complexity index is 732. The molecule has 1 aromatic heterocycles. The molecule has 1 aliphatic rings. The third kappa shape index (κ3) is 3.98. The summed E-state index contributed by atoms with van der Waals surface area (Å²) in [5.74, 6) is -0.181. The molecule has 0 aliphatic carbocycles. The molecule has 0 amide bonds. The fourth-order valence-corrected chi connectivity index (χ4v) is 3.34. The van der Waals surface area contributed by atoms with Crippen molar-refractivity contribution in [3.63, 3.8) is 0 Å². The topological polar surface area (TPSA) is 77.5 Å². The van der Waals surface area contributed by atoms with E-state index < -0.39 is 5.97 Å². The number of pyridine rings is 1. The number of carboxylic acid groups (broad SMARTS) is 1. The largest absolute Gasteiger partial charge is 0.478 e. The molecule has 0 spiro atoms. The first-order chi connectivity index (χ1) is 11.6. The van der Waals surface area contributed by atoms with Gasteiger partial charge in [0.25, 0.3) is 0 Å². The Morgan fingerprint density at radius 1 is 1.33 bits per heavy atom. The Labute approximate surface area is 145 Å². The molecule has 0 unspecified atom stereocenters. The SMILES string of the molecule is Cc1cccc(SNc2cc(C(=O)O)cnc2N2CCNCC2)c1. The van der Waals surface area contributed by atoms with E-state index in [0.29, 0.717) is 0 Å². The quantitative estimate of drug-likeness (QED) is 0.720. The number of anilines is 2. The number of aryl methyl sites for hydroxylation is 1. The van der Waals surface area contributed by atoms with Crippen LogP contribution in [0, 0.1) is 6.92 Å². The van der Waals surface area contributed by atoms with Gasteiger partial charge in [0.1, 0.15) is 0 Å². The highest BCUT2D eigenvalue weighted by Crippen LogP contribution is 2.30. The molecule has 1 saturated heterocycles. The van der Waals surface area contributed by atoms with Crippen LogP contribution >= 0.6 is 11.9 Å². The first-order valence-electron chi connectivity index (χ1n) is 7.82. The molecule has 6 nitrogen and oxygen atoms in total. The maximum atomic E-state index is 11.3. The van der Waals surface area contributed by atoms with Crippen molar-refractivity contribution in [2.24, 2.45) is 0 Å². The molecule has 126 valence electrons. The maximum Gasteiger partial charge on any atom is 0.337 e. The van der Waals surface area contributed by atoms with Crippen LogP contribution in [0.4, 0.5) is 11.5 Å². The number of nitrogens with zero attached hydrogens (tertiary/aromatic N) is 2. The Morgan fingerprint density at radius 2 is 2.12 bits per heavy atom. The number of piperazine rings is 1. The zero-order chi connectivity index (χ0) is 16.9. The molecule has 1 aromatic carbocycles. The van der Waals surface area contributed by atoms with Gasteiger partial charge in [-0.1, -0.05) is 12.1 Å². The molecule has 7 heteroatoms. The van der Waals surface area contributed by atoms with E-state index in [1.165, 1.54) is 23.7 Å². The first-order valence-corrected chi connectivity index (χ1v) is 8.63. The highest BCUT2D eigenvalue weighted by molar-refractivity contribution is 8.00. The van der Waals surface area contributed by atoms with E-state index in [0.717, 1.165) is 42.6 Å². The number of aromatic carboxylic acids is 1. The van der Waals surface area contributed by atoms with Gasteiger partial charge in [-0.25, -0.2) is 9.78 Å². The lowest BCUT2D eigenvalue weighted by Crippen LogP contribution is -2.44. The summed E-state index contributed by atoms with van der Waals surface area (Å²) in [5, 5.41) is 12.5. The Kier molecular flexibility index (Phi) is 5.22. The van der Waals surface area contributed by atoms with Gasteiger partial charge in [-0.15, -0.1) is 0 Å². The summed E-state index contributed by atoms with van der Waals surface area (Å²) < 4.78 is 3.28. The molecular weight excluding hydrogens is 324 g/mol. The van der Waals surface area contributed by atoms with Gasteiger partial charge >= 0.3 is 5.97 Å². The molecule has 2 aromatic rings. The van der Waals surface area contributed by atoms with Crippen molar-refractivity contribution >= 4 is 29.4 Å². The standard InChI is InChI=1S/C17H20N4O2S/c1-12-3-2-4-14(9-12)24-20-15-10-13(17(22)23)11-19-16(15)21-7-5-18-6-8-21/h2-4,9-11,18,20H,5-8H2,1H3,(H,22,23). The number of benzene rings is 1. The number of rotatable bonds is 5. The molecule has 1 fully saturated rings. The monoisotopic (exact) mass is 344 g/mol. The van der Waals surface area contributed by atoms with Gasteiger partial charge in [0.05, 0.1) is 11.3 Å². The smallest absolute Gasteiger partial charge is 0.337 e. The van der Waals surface area contributed by atoms with Crippen LogP contribution in [0.15, 0.2) is 41.4 Å². The van der Waals surface area contributed by atoms with E-state index in [2.05, 4.69) is 26.0 Å². The molecule has 2 heterocycles. The van der Waals surface area contributed by atoms with Crippen LogP contribution < -0.4 is 14.9 Å². The molecule has 0 atom stereocenters. The lowest BCUT2D eigenvalue weighted by molar-refractivity contribution is 0.0696. The van der Waals surface area contributed by atoms with Crippen LogP contribution in [-0.2, 0) is 0 Å². The molecule has 24 heavy (non-hydrogen) atoms. The summed E-state index contributed by atoms with van der Waals surface area (Å²) in [6.07, 6.45) is 1.42. The summed E-state index contributed by atoms with van der Waals surface area (Å²) in [7, 11) is 0. The van der Waals surface area contributed by atoms with Crippen LogP contribution in [-0.4, -0.2) is 42.2 Å². The predicted octanol–water partition coefficient (Wildman–Crippen LogP) is 2.62. The average Bonchev–Trinajstić information content (AvgIpc) is 2.60. The summed E-state index contributed by atoms with van der Waals surface area (Å²) in [6.45, 7) is 5.54. The van der Waals surface area contributed by atoms with Crippen molar-refractivity contribution in [1.82, 2.24) is 10.3 Å². The van der Waals surface area contributed by atoms with E-state index in [4.69, 9.17) is 0 Å².